The molecule has 0 saturated carbocycles. The van der Waals surface area contributed by atoms with E-state index in [4.69, 9.17) is 16.6 Å². The normalized spacial score (nSPS) is 13.7. The fourth-order valence-corrected chi connectivity index (χ4v) is 6.64. The van der Waals surface area contributed by atoms with Gasteiger partial charge >= 0.3 is 0 Å². The van der Waals surface area contributed by atoms with Crippen molar-refractivity contribution >= 4 is 56.5 Å². The van der Waals surface area contributed by atoms with Crippen LogP contribution in [0.25, 0.3) is 15.9 Å². The molecule has 1 aliphatic carbocycles. The lowest BCUT2D eigenvalue weighted by molar-refractivity contribution is -0.113. The summed E-state index contributed by atoms with van der Waals surface area (Å²) < 4.78 is 1.61. The molecule has 5 nitrogen and oxygen atoms in total. The molecular weight excluding hydrogens is 498 g/mol. The summed E-state index contributed by atoms with van der Waals surface area (Å²) in [6, 6.07) is 15.1. The molecule has 1 atom stereocenters. The molecule has 1 aliphatic rings. The molecule has 8 heteroatoms. The predicted molar refractivity (Wildman–Crippen MR) is 147 cm³/mol. The van der Waals surface area contributed by atoms with Crippen LogP contribution in [0.1, 0.15) is 48.6 Å². The van der Waals surface area contributed by atoms with Gasteiger partial charge in [-0.05, 0) is 79.1 Å². The van der Waals surface area contributed by atoms with Gasteiger partial charge in [-0.25, -0.2) is 4.98 Å². The van der Waals surface area contributed by atoms with Crippen molar-refractivity contribution in [3.63, 3.8) is 0 Å². The molecule has 2 heterocycles. The number of aryl methyl sites for hydroxylation is 2. The van der Waals surface area contributed by atoms with Crippen molar-refractivity contribution in [2.75, 3.05) is 11.1 Å². The topological polar surface area (TPSA) is 64.0 Å². The van der Waals surface area contributed by atoms with Crippen LogP contribution >= 0.6 is 34.7 Å². The Morgan fingerprint density at radius 3 is 2.63 bits per heavy atom. The van der Waals surface area contributed by atoms with Crippen molar-refractivity contribution in [2.24, 2.45) is 0 Å². The number of carbonyl (C=O) groups is 1. The molecule has 0 bridgehead atoms. The summed E-state index contributed by atoms with van der Waals surface area (Å²) in [7, 11) is 0. The summed E-state index contributed by atoms with van der Waals surface area (Å²) in [5, 5.41) is 4.78. The number of hydrogen-bond acceptors (Lipinski definition) is 5. The zero-order valence-corrected chi connectivity index (χ0v) is 22.0. The van der Waals surface area contributed by atoms with Gasteiger partial charge in [-0.1, -0.05) is 49.3 Å². The third-order valence-corrected chi connectivity index (χ3v) is 8.88. The molecule has 0 saturated heterocycles. The fourth-order valence-electron chi connectivity index (χ4n) is 4.40. The Morgan fingerprint density at radius 2 is 1.91 bits per heavy atom. The number of benzene rings is 2. The van der Waals surface area contributed by atoms with E-state index in [1.807, 2.05) is 24.3 Å². The van der Waals surface area contributed by atoms with Gasteiger partial charge in [0.2, 0.25) is 5.91 Å². The Labute approximate surface area is 217 Å². The van der Waals surface area contributed by atoms with Crippen LogP contribution in [0.5, 0.6) is 0 Å². The zero-order chi connectivity index (χ0) is 24.5. The van der Waals surface area contributed by atoms with Gasteiger partial charge in [-0.2, -0.15) is 0 Å². The number of nitrogens with zero attached hydrogens (tertiary/aromatic N) is 2. The van der Waals surface area contributed by atoms with Gasteiger partial charge in [0.1, 0.15) is 4.83 Å². The first kappa shape index (κ1) is 24.1. The number of halogens is 1. The quantitative estimate of drug-likeness (QED) is 0.213. The highest BCUT2D eigenvalue weighted by atomic mass is 35.5. The van der Waals surface area contributed by atoms with Crippen LogP contribution in [-0.2, 0) is 17.6 Å². The maximum Gasteiger partial charge on any atom is 0.267 e. The van der Waals surface area contributed by atoms with Crippen molar-refractivity contribution in [1.82, 2.24) is 9.55 Å². The molecule has 0 aliphatic heterocycles. The van der Waals surface area contributed by atoms with Crippen LogP contribution in [0, 0.1) is 0 Å². The number of rotatable bonds is 7. The van der Waals surface area contributed by atoms with E-state index in [2.05, 4.69) is 31.3 Å². The first-order valence-corrected chi connectivity index (χ1v) is 14.0. The summed E-state index contributed by atoms with van der Waals surface area (Å²) in [5.74, 6) is 0.487. The number of aromatic nitrogens is 2. The van der Waals surface area contributed by atoms with Gasteiger partial charge in [0, 0.05) is 15.6 Å². The van der Waals surface area contributed by atoms with Gasteiger partial charge < -0.3 is 5.32 Å². The van der Waals surface area contributed by atoms with E-state index in [-0.39, 0.29) is 17.2 Å². The molecule has 35 heavy (non-hydrogen) atoms. The van der Waals surface area contributed by atoms with Crippen molar-refractivity contribution in [3.05, 3.63) is 79.9 Å². The second kappa shape index (κ2) is 10.2. The highest BCUT2D eigenvalue weighted by molar-refractivity contribution is 7.99. The number of nitrogens with one attached hydrogen (secondary N) is 1. The number of fused-ring (bicyclic) bond motifs is 3. The van der Waals surface area contributed by atoms with E-state index in [0.29, 0.717) is 27.2 Å². The average molecular weight is 524 g/mol. The second-order valence-corrected chi connectivity index (χ2v) is 11.3. The van der Waals surface area contributed by atoms with E-state index in [1.54, 1.807) is 28.0 Å². The van der Waals surface area contributed by atoms with Crippen LogP contribution < -0.4 is 10.9 Å². The number of thioether (sulfide) groups is 1. The van der Waals surface area contributed by atoms with E-state index >= 15 is 0 Å². The van der Waals surface area contributed by atoms with Gasteiger partial charge in [-0.15, -0.1) is 11.3 Å². The van der Waals surface area contributed by atoms with Crippen LogP contribution in [0.15, 0.2) is 58.5 Å². The van der Waals surface area contributed by atoms with E-state index in [1.165, 1.54) is 22.2 Å². The van der Waals surface area contributed by atoms with Crippen molar-refractivity contribution < 1.29 is 4.79 Å². The maximum absolute atomic E-state index is 13.7. The summed E-state index contributed by atoms with van der Waals surface area (Å²) in [5.41, 5.74) is 3.76. The van der Waals surface area contributed by atoms with Crippen molar-refractivity contribution in [1.29, 1.82) is 0 Å². The third kappa shape index (κ3) is 4.90. The molecule has 1 amide bonds. The molecule has 0 radical (unpaired) electrons. The number of amides is 1. The number of anilines is 1. The van der Waals surface area contributed by atoms with Crippen molar-refractivity contribution in [3.8, 4) is 5.69 Å². The molecule has 180 valence electrons. The Balaban J connectivity index is 1.42. The Morgan fingerprint density at radius 1 is 1.17 bits per heavy atom. The minimum absolute atomic E-state index is 0.0831. The zero-order valence-electron chi connectivity index (χ0n) is 19.6. The highest BCUT2D eigenvalue weighted by Gasteiger charge is 2.24. The first-order chi connectivity index (χ1) is 16.9. The lowest BCUT2D eigenvalue weighted by atomic mass is 9.99. The third-order valence-electron chi connectivity index (χ3n) is 6.50. The van der Waals surface area contributed by atoms with Crippen LogP contribution in [0.3, 0.4) is 0 Å². The summed E-state index contributed by atoms with van der Waals surface area (Å²) in [6.45, 7) is 4.35. The Bertz CT molecular complexity index is 1440. The van der Waals surface area contributed by atoms with Gasteiger partial charge in [-0.3, -0.25) is 14.2 Å². The molecular formula is C27H26ClN3O2S2. The lowest BCUT2D eigenvalue weighted by Gasteiger charge is -2.13. The molecule has 2 aromatic carbocycles. The predicted octanol–water partition coefficient (Wildman–Crippen LogP) is 6.83. The second-order valence-electron chi connectivity index (χ2n) is 8.82. The standard InChI is InChI=1S/C27H26ClN3O2S2/c1-3-16(2)17-7-11-19(12-8-17)29-23(32)15-34-27-30-25-24(21-5-4-6-22(21)35-25)26(33)31(27)20-13-9-18(28)10-14-20/h7-14,16H,3-6,15H2,1-2H3,(H,29,32)/t16-/m1/s1. The molecule has 2 aromatic heterocycles. The summed E-state index contributed by atoms with van der Waals surface area (Å²) in [6.07, 6.45) is 4.06. The smallest absolute Gasteiger partial charge is 0.267 e. The largest absolute Gasteiger partial charge is 0.325 e. The molecule has 1 N–H and O–H groups in total. The molecule has 0 unspecified atom stereocenters. The summed E-state index contributed by atoms with van der Waals surface area (Å²) in [4.78, 5) is 33.3. The van der Waals surface area contributed by atoms with E-state index in [9.17, 15) is 9.59 Å². The monoisotopic (exact) mass is 523 g/mol. The van der Waals surface area contributed by atoms with Crippen LogP contribution in [0.2, 0.25) is 5.02 Å². The average Bonchev–Trinajstić information content (AvgIpc) is 3.45. The molecule has 4 aromatic rings. The van der Waals surface area contributed by atoms with Crippen LogP contribution in [-0.4, -0.2) is 21.2 Å². The first-order valence-electron chi connectivity index (χ1n) is 11.8. The summed E-state index contributed by atoms with van der Waals surface area (Å²) >= 11 is 8.96. The van der Waals surface area contributed by atoms with Crippen molar-refractivity contribution in [2.45, 2.75) is 50.6 Å². The van der Waals surface area contributed by atoms with Gasteiger partial charge in [0.15, 0.2) is 5.16 Å². The minimum atomic E-state index is -0.142. The van der Waals surface area contributed by atoms with E-state index < -0.39 is 0 Å². The SMILES string of the molecule is CC[C@@H](C)c1ccc(NC(=O)CSc2nc3sc4c(c3c(=O)n2-c2ccc(Cl)cc2)CCC4)cc1. The molecule has 0 fully saturated rings. The Kier molecular flexibility index (Phi) is 7.00. The highest BCUT2D eigenvalue weighted by Crippen LogP contribution is 2.36. The molecule has 0 spiro atoms. The lowest BCUT2D eigenvalue weighted by Crippen LogP contribution is -2.23. The van der Waals surface area contributed by atoms with Crippen LogP contribution in [0.4, 0.5) is 5.69 Å². The molecule has 5 rings (SSSR count). The van der Waals surface area contributed by atoms with Gasteiger partial charge in [0.25, 0.3) is 5.56 Å². The number of hydrogen-bond donors (Lipinski definition) is 1. The maximum atomic E-state index is 13.7. The minimum Gasteiger partial charge on any atom is -0.325 e. The number of carbonyl (C=O) groups excluding carboxylic acids is 1. The number of thiophene rings is 1. The fraction of sp³-hybridized carbons (Fsp3) is 0.296. The van der Waals surface area contributed by atoms with E-state index in [0.717, 1.165) is 41.8 Å². The van der Waals surface area contributed by atoms with Gasteiger partial charge in [0.05, 0.1) is 16.8 Å². The Hall–Kier alpha value is -2.61.